The molecule has 108 valence electrons. The summed E-state index contributed by atoms with van der Waals surface area (Å²) >= 11 is 0. The monoisotopic (exact) mass is 275 g/mol. The molecule has 4 heteroatoms. The predicted octanol–water partition coefficient (Wildman–Crippen LogP) is 2.52. The molecule has 0 radical (unpaired) electrons. The molecular weight excluding hydrogens is 253 g/mol. The third-order valence-electron chi connectivity index (χ3n) is 3.84. The summed E-state index contributed by atoms with van der Waals surface area (Å²) in [7, 11) is 0. The van der Waals surface area contributed by atoms with Crippen LogP contribution >= 0.6 is 0 Å². The molecule has 2 rings (SSSR count). The zero-order valence-corrected chi connectivity index (χ0v) is 12.0. The van der Waals surface area contributed by atoms with E-state index in [9.17, 15) is 4.39 Å². The van der Waals surface area contributed by atoms with Crippen LogP contribution in [-0.2, 0) is 6.54 Å². The maximum Gasteiger partial charge on any atom is 0.140 e. The molecule has 1 fully saturated rings. The van der Waals surface area contributed by atoms with E-state index in [2.05, 4.69) is 17.1 Å². The first-order valence-electron chi connectivity index (χ1n) is 7.34. The lowest BCUT2D eigenvalue weighted by molar-refractivity contribution is 0.166. The quantitative estimate of drug-likeness (QED) is 0.897. The zero-order chi connectivity index (χ0) is 14.4. The normalized spacial score (nSPS) is 19.8. The summed E-state index contributed by atoms with van der Waals surface area (Å²) in [5, 5.41) is 12.3. The third kappa shape index (κ3) is 4.03. The highest BCUT2D eigenvalue weighted by Crippen LogP contribution is 2.19. The maximum absolute atomic E-state index is 13.3. The second-order valence-electron chi connectivity index (χ2n) is 5.48. The molecule has 3 nitrogen and oxygen atoms in total. The third-order valence-corrected chi connectivity index (χ3v) is 3.84. The Morgan fingerprint density at radius 3 is 3.10 bits per heavy atom. The van der Waals surface area contributed by atoms with Crippen molar-refractivity contribution in [3.8, 4) is 6.07 Å². The molecule has 1 N–H and O–H groups in total. The van der Waals surface area contributed by atoms with Crippen LogP contribution in [0.15, 0.2) is 18.2 Å². The Bertz CT molecular complexity index is 481. The van der Waals surface area contributed by atoms with Gasteiger partial charge in [0.2, 0.25) is 0 Å². The first-order chi connectivity index (χ1) is 9.72. The number of likely N-dealkylation sites (tertiary alicyclic amines) is 1. The summed E-state index contributed by atoms with van der Waals surface area (Å²) in [4.78, 5) is 2.40. The number of hydrogen-bond acceptors (Lipinski definition) is 3. The van der Waals surface area contributed by atoms with E-state index in [0.29, 0.717) is 5.92 Å². The van der Waals surface area contributed by atoms with E-state index in [-0.39, 0.29) is 5.56 Å². The molecular formula is C16H22FN3. The smallest absolute Gasteiger partial charge is 0.140 e. The molecule has 0 saturated carbocycles. The Kier molecular flexibility index (Phi) is 5.51. The van der Waals surface area contributed by atoms with Gasteiger partial charge in [0.15, 0.2) is 0 Å². The van der Waals surface area contributed by atoms with Crippen LogP contribution in [0, 0.1) is 23.1 Å². The van der Waals surface area contributed by atoms with Crippen LogP contribution in [0.2, 0.25) is 0 Å². The number of nitriles is 1. The minimum atomic E-state index is -0.431. The first-order valence-corrected chi connectivity index (χ1v) is 7.34. The van der Waals surface area contributed by atoms with Crippen LogP contribution in [0.25, 0.3) is 0 Å². The van der Waals surface area contributed by atoms with Gasteiger partial charge in [0.05, 0.1) is 5.56 Å². The van der Waals surface area contributed by atoms with Crippen molar-refractivity contribution in [1.82, 2.24) is 10.2 Å². The average Bonchev–Trinajstić information content (AvgIpc) is 2.47. The highest BCUT2D eigenvalue weighted by Gasteiger charge is 2.19. The van der Waals surface area contributed by atoms with Gasteiger partial charge >= 0.3 is 0 Å². The van der Waals surface area contributed by atoms with Crippen LogP contribution in [0.4, 0.5) is 4.39 Å². The lowest BCUT2D eigenvalue weighted by Gasteiger charge is -2.32. The molecule has 0 amide bonds. The molecule has 1 aromatic rings. The molecule has 1 unspecified atom stereocenters. The first kappa shape index (κ1) is 15.0. The number of nitrogens with zero attached hydrogens (tertiary/aromatic N) is 2. The Balaban J connectivity index is 1.94. The van der Waals surface area contributed by atoms with Crippen LogP contribution in [-0.4, -0.2) is 31.1 Å². The Morgan fingerprint density at radius 2 is 2.35 bits per heavy atom. The van der Waals surface area contributed by atoms with Gasteiger partial charge in [-0.1, -0.05) is 13.0 Å². The van der Waals surface area contributed by atoms with Gasteiger partial charge in [-0.25, -0.2) is 4.39 Å². The Morgan fingerprint density at radius 1 is 1.50 bits per heavy atom. The molecule has 1 aliphatic heterocycles. The van der Waals surface area contributed by atoms with Crippen LogP contribution in [0.5, 0.6) is 0 Å². The second-order valence-corrected chi connectivity index (χ2v) is 5.48. The summed E-state index contributed by atoms with van der Waals surface area (Å²) in [5.74, 6) is 0.263. The van der Waals surface area contributed by atoms with Crippen molar-refractivity contribution in [2.24, 2.45) is 5.92 Å². The number of halogens is 1. The van der Waals surface area contributed by atoms with E-state index in [1.807, 2.05) is 6.07 Å². The Hall–Kier alpha value is -1.44. The molecule has 0 spiro atoms. The van der Waals surface area contributed by atoms with Gasteiger partial charge in [-0.15, -0.1) is 0 Å². The van der Waals surface area contributed by atoms with Crippen LogP contribution in [0.1, 0.15) is 30.9 Å². The molecule has 0 aromatic heterocycles. The van der Waals surface area contributed by atoms with Crippen molar-refractivity contribution in [3.63, 3.8) is 0 Å². The summed E-state index contributed by atoms with van der Waals surface area (Å²) in [5.41, 5.74) is 1.16. The molecule has 1 saturated heterocycles. The van der Waals surface area contributed by atoms with E-state index < -0.39 is 5.82 Å². The second kappa shape index (κ2) is 7.37. The molecule has 1 heterocycles. The highest BCUT2D eigenvalue weighted by atomic mass is 19.1. The van der Waals surface area contributed by atoms with Gasteiger partial charge < -0.3 is 5.32 Å². The van der Waals surface area contributed by atoms with Gasteiger partial charge in [0.25, 0.3) is 0 Å². The van der Waals surface area contributed by atoms with Gasteiger partial charge in [0, 0.05) is 13.1 Å². The molecule has 20 heavy (non-hydrogen) atoms. The van der Waals surface area contributed by atoms with Crippen molar-refractivity contribution in [1.29, 1.82) is 5.26 Å². The van der Waals surface area contributed by atoms with E-state index in [1.165, 1.54) is 18.9 Å². The van der Waals surface area contributed by atoms with Crippen molar-refractivity contribution in [2.45, 2.75) is 26.3 Å². The fraction of sp³-hybridized carbons (Fsp3) is 0.562. The molecule has 0 aliphatic carbocycles. The number of benzene rings is 1. The average molecular weight is 275 g/mol. The number of piperidine rings is 1. The standard InChI is InChI=1S/C16H22FN3/c1-2-19-10-14-4-3-7-20(12-14)11-13-5-6-16(17)15(8-13)9-18/h5-6,8,14,19H,2-4,7,10-12H2,1H3. The molecule has 0 bridgehead atoms. The van der Waals surface area contributed by atoms with Gasteiger partial charge in [0.1, 0.15) is 11.9 Å². The zero-order valence-electron chi connectivity index (χ0n) is 12.0. The van der Waals surface area contributed by atoms with Crippen molar-refractivity contribution < 1.29 is 4.39 Å². The maximum atomic E-state index is 13.3. The van der Waals surface area contributed by atoms with Gasteiger partial charge in [-0.2, -0.15) is 5.26 Å². The summed E-state index contributed by atoms with van der Waals surface area (Å²) < 4.78 is 13.3. The van der Waals surface area contributed by atoms with Crippen molar-refractivity contribution in [3.05, 3.63) is 35.1 Å². The topological polar surface area (TPSA) is 39.1 Å². The number of hydrogen-bond donors (Lipinski definition) is 1. The van der Waals surface area contributed by atoms with E-state index >= 15 is 0 Å². The van der Waals surface area contributed by atoms with Gasteiger partial charge in [-0.05, 0) is 56.1 Å². The number of rotatable bonds is 5. The number of nitrogens with one attached hydrogen (secondary N) is 1. The fourth-order valence-corrected chi connectivity index (χ4v) is 2.82. The fourth-order valence-electron chi connectivity index (χ4n) is 2.82. The minimum Gasteiger partial charge on any atom is -0.317 e. The highest BCUT2D eigenvalue weighted by molar-refractivity contribution is 5.34. The van der Waals surface area contributed by atoms with E-state index in [1.54, 1.807) is 12.1 Å². The largest absolute Gasteiger partial charge is 0.317 e. The summed E-state index contributed by atoms with van der Waals surface area (Å²) in [6.45, 7) is 7.17. The van der Waals surface area contributed by atoms with Crippen molar-refractivity contribution in [2.75, 3.05) is 26.2 Å². The van der Waals surface area contributed by atoms with E-state index in [4.69, 9.17) is 5.26 Å². The predicted molar refractivity (Wildman–Crippen MR) is 77.7 cm³/mol. The lowest BCUT2D eigenvalue weighted by Crippen LogP contribution is -2.39. The van der Waals surface area contributed by atoms with Gasteiger partial charge in [-0.3, -0.25) is 4.90 Å². The Labute approximate surface area is 120 Å². The van der Waals surface area contributed by atoms with Crippen LogP contribution < -0.4 is 5.32 Å². The SMILES string of the molecule is CCNCC1CCCN(Cc2ccc(F)c(C#N)c2)C1. The summed E-state index contributed by atoms with van der Waals surface area (Å²) in [6.07, 6.45) is 2.48. The molecule has 1 aromatic carbocycles. The van der Waals surface area contributed by atoms with E-state index in [0.717, 1.165) is 38.3 Å². The minimum absolute atomic E-state index is 0.142. The van der Waals surface area contributed by atoms with Crippen LogP contribution in [0.3, 0.4) is 0 Å². The lowest BCUT2D eigenvalue weighted by atomic mass is 9.97. The molecule has 1 aliphatic rings. The summed E-state index contributed by atoms with van der Waals surface area (Å²) in [6, 6.07) is 6.75. The molecule has 1 atom stereocenters. The van der Waals surface area contributed by atoms with Crippen molar-refractivity contribution >= 4 is 0 Å².